The van der Waals surface area contributed by atoms with Crippen LogP contribution in [0.2, 0.25) is 0 Å². The Labute approximate surface area is 60.2 Å². The molecule has 54 valence electrons. The van der Waals surface area contributed by atoms with Gasteiger partial charge in [-0.05, 0) is 12.8 Å². The Kier molecular flexibility index (Phi) is 1.91. The molecule has 0 aliphatic heterocycles. The van der Waals surface area contributed by atoms with E-state index in [4.69, 9.17) is 5.26 Å². The number of nitriles is 1. The molecule has 0 aromatic rings. The van der Waals surface area contributed by atoms with E-state index in [1.54, 1.807) is 11.9 Å². The molecule has 0 heterocycles. The molecule has 1 aliphatic carbocycles. The first-order chi connectivity index (χ1) is 4.75. The fraction of sp³-hybridized carbons (Fsp3) is 0.714. The van der Waals surface area contributed by atoms with Gasteiger partial charge in [-0.15, -0.1) is 0 Å². The first-order valence-electron chi connectivity index (χ1n) is 3.38. The van der Waals surface area contributed by atoms with Crippen LogP contribution in [0, 0.1) is 11.3 Å². The van der Waals surface area contributed by atoms with Crippen LogP contribution < -0.4 is 0 Å². The summed E-state index contributed by atoms with van der Waals surface area (Å²) in [4.78, 5) is 12.6. The first-order valence-corrected chi connectivity index (χ1v) is 3.38. The predicted octanol–water partition coefficient (Wildman–Crippen LogP) is 0.521. The van der Waals surface area contributed by atoms with Crippen molar-refractivity contribution in [2.45, 2.75) is 25.3 Å². The van der Waals surface area contributed by atoms with E-state index in [9.17, 15) is 4.79 Å². The Balaban J connectivity index is 2.33. The molecular formula is C7H10N2O. The maximum atomic E-state index is 10.9. The first kappa shape index (κ1) is 7.07. The molecule has 1 rings (SSSR count). The highest BCUT2D eigenvalue weighted by atomic mass is 16.2. The van der Waals surface area contributed by atoms with Crippen molar-refractivity contribution >= 4 is 5.91 Å². The molecule has 0 saturated heterocycles. The number of rotatable bonds is 2. The van der Waals surface area contributed by atoms with Gasteiger partial charge < -0.3 is 4.90 Å². The van der Waals surface area contributed by atoms with Gasteiger partial charge in [0, 0.05) is 13.1 Å². The van der Waals surface area contributed by atoms with Crippen LogP contribution in [0.4, 0.5) is 0 Å². The Morgan fingerprint density at radius 3 is 2.80 bits per heavy atom. The van der Waals surface area contributed by atoms with E-state index in [0.717, 1.165) is 12.8 Å². The summed E-state index contributed by atoms with van der Waals surface area (Å²) in [6.45, 7) is 0. The van der Waals surface area contributed by atoms with E-state index in [-0.39, 0.29) is 12.3 Å². The second kappa shape index (κ2) is 2.70. The van der Waals surface area contributed by atoms with E-state index >= 15 is 0 Å². The summed E-state index contributed by atoms with van der Waals surface area (Å²) < 4.78 is 0. The van der Waals surface area contributed by atoms with Crippen LogP contribution >= 0.6 is 0 Å². The van der Waals surface area contributed by atoms with Crippen LogP contribution in [0.3, 0.4) is 0 Å². The van der Waals surface area contributed by atoms with Gasteiger partial charge in [0.05, 0.1) is 6.07 Å². The minimum absolute atomic E-state index is 0.0208. The van der Waals surface area contributed by atoms with Crippen molar-refractivity contribution in [2.75, 3.05) is 7.05 Å². The highest BCUT2D eigenvalue weighted by Gasteiger charge is 2.28. The van der Waals surface area contributed by atoms with Crippen molar-refractivity contribution in [1.82, 2.24) is 4.90 Å². The van der Waals surface area contributed by atoms with Gasteiger partial charge in [-0.2, -0.15) is 5.26 Å². The monoisotopic (exact) mass is 138 g/mol. The van der Waals surface area contributed by atoms with Gasteiger partial charge in [0.25, 0.3) is 0 Å². The number of carbonyl (C=O) groups excluding carboxylic acids is 1. The summed E-state index contributed by atoms with van der Waals surface area (Å²) in [6.07, 6.45) is 2.23. The van der Waals surface area contributed by atoms with Gasteiger partial charge in [0.2, 0.25) is 5.91 Å². The predicted molar refractivity (Wildman–Crippen MR) is 36.0 cm³/mol. The minimum Gasteiger partial charge on any atom is -0.342 e. The third-order valence-corrected chi connectivity index (χ3v) is 1.72. The van der Waals surface area contributed by atoms with E-state index in [1.807, 2.05) is 6.07 Å². The number of hydrogen-bond acceptors (Lipinski definition) is 2. The standard InChI is InChI=1S/C7H10N2O/c1-9(6-2-3-6)7(10)4-5-8/h6H,2-4H2,1H3. The Morgan fingerprint density at radius 1 is 1.80 bits per heavy atom. The molecule has 0 N–H and O–H groups in total. The fourth-order valence-electron chi connectivity index (χ4n) is 0.858. The molecule has 0 spiro atoms. The van der Waals surface area contributed by atoms with Gasteiger partial charge in [-0.3, -0.25) is 4.79 Å². The smallest absolute Gasteiger partial charge is 0.236 e. The molecule has 3 heteroatoms. The summed E-state index contributed by atoms with van der Waals surface area (Å²) in [5.41, 5.74) is 0. The van der Waals surface area contributed by atoms with Crippen LogP contribution in [0.1, 0.15) is 19.3 Å². The summed E-state index contributed by atoms with van der Waals surface area (Å²) in [5, 5.41) is 8.19. The number of carbonyl (C=O) groups is 1. The van der Waals surface area contributed by atoms with Gasteiger partial charge in [-0.1, -0.05) is 0 Å². The van der Waals surface area contributed by atoms with Crippen molar-refractivity contribution in [3.05, 3.63) is 0 Å². The Bertz CT molecular complexity index is 179. The lowest BCUT2D eigenvalue weighted by Gasteiger charge is -2.13. The second-order valence-electron chi connectivity index (χ2n) is 2.57. The molecule has 0 aromatic carbocycles. The lowest BCUT2D eigenvalue weighted by atomic mass is 10.4. The summed E-state index contributed by atoms with van der Waals surface area (Å²) >= 11 is 0. The SMILES string of the molecule is CN(C(=O)CC#N)C1CC1. The van der Waals surface area contributed by atoms with Gasteiger partial charge in [0.15, 0.2) is 0 Å². The lowest BCUT2D eigenvalue weighted by molar-refractivity contribution is -0.129. The largest absolute Gasteiger partial charge is 0.342 e. The molecule has 0 bridgehead atoms. The number of hydrogen-bond donors (Lipinski definition) is 0. The minimum atomic E-state index is -0.0509. The zero-order valence-corrected chi connectivity index (χ0v) is 6.00. The van der Waals surface area contributed by atoms with Gasteiger partial charge >= 0.3 is 0 Å². The van der Waals surface area contributed by atoms with Crippen LogP contribution in [0.15, 0.2) is 0 Å². The Morgan fingerprint density at radius 2 is 2.40 bits per heavy atom. The van der Waals surface area contributed by atoms with Gasteiger partial charge in [-0.25, -0.2) is 0 Å². The topological polar surface area (TPSA) is 44.1 Å². The van der Waals surface area contributed by atoms with E-state index in [1.165, 1.54) is 0 Å². The zero-order valence-electron chi connectivity index (χ0n) is 6.00. The molecule has 0 atom stereocenters. The highest BCUT2D eigenvalue weighted by molar-refractivity contribution is 5.78. The average Bonchev–Trinajstić information content (AvgIpc) is 2.68. The van der Waals surface area contributed by atoms with Crippen molar-refractivity contribution in [1.29, 1.82) is 5.26 Å². The molecule has 10 heavy (non-hydrogen) atoms. The highest BCUT2D eigenvalue weighted by Crippen LogP contribution is 2.25. The fourth-order valence-corrected chi connectivity index (χ4v) is 0.858. The van der Waals surface area contributed by atoms with Crippen molar-refractivity contribution in [2.24, 2.45) is 0 Å². The molecular weight excluding hydrogens is 128 g/mol. The zero-order chi connectivity index (χ0) is 7.56. The second-order valence-corrected chi connectivity index (χ2v) is 2.57. The molecule has 0 unspecified atom stereocenters. The van der Waals surface area contributed by atoms with E-state index in [0.29, 0.717) is 6.04 Å². The molecule has 0 aromatic heterocycles. The van der Waals surface area contributed by atoms with Gasteiger partial charge in [0.1, 0.15) is 6.42 Å². The quantitative estimate of drug-likeness (QED) is 0.558. The maximum Gasteiger partial charge on any atom is 0.236 e. The average molecular weight is 138 g/mol. The number of amides is 1. The molecule has 1 saturated carbocycles. The maximum absolute atomic E-state index is 10.9. The van der Waals surface area contributed by atoms with Crippen LogP contribution in [0.25, 0.3) is 0 Å². The molecule has 3 nitrogen and oxygen atoms in total. The van der Waals surface area contributed by atoms with E-state index < -0.39 is 0 Å². The summed E-state index contributed by atoms with van der Waals surface area (Å²) in [5.74, 6) is -0.0509. The lowest BCUT2D eigenvalue weighted by Crippen LogP contribution is -2.27. The van der Waals surface area contributed by atoms with Crippen molar-refractivity contribution in [3.63, 3.8) is 0 Å². The van der Waals surface area contributed by atoms with Crippen LogP contribution in [-0.2, 0) is 4.79 Å². The van der Waals surface area contributed by atoms with Crippen molar-refractivity contribution < 1.29 is 4.79 Å². The summed E-state index contributed by atoms with van der Waals surface area (Å²) in [6, 6.07) is 2.27. The number of nitrogens with zero attached hydrogens (tertiary/aromatic N) is 2. The third kappa shape index (κ3) is 1.47. The van der Waals surface area contributed by atoms with Crippen LogP contribution in [-0.4, -0.2) is 23.9 Å². The molecule has 1 aliphatic rings. The molecule has 1 fully saturated rings. The van der Waals surface area contributed by atoms with E-state index in [2.05, 4.69) is 0 Å². The molecule has 0 radical (unpaired) electrons. The Hall–Kier alpha value is -1.04. The summed E-state index contributed by atoms with van der Waals surface area (Å²) in [7, 11) is 1.76. The van der Waals surface area contributed by atoms with Crippen molar-refractivity contribution in [3.8, 4) is 6.07 Å². The molecule has 1 amide bonds. The third-order valence-electron chi connectivity index (χ3n) is 1.72. The normalized spacial score (nSPS) is 16.0. The van der Waals surface area contributed by atoms with Crippen LogP contribution in [0.5, 0.6) is 0 Å².